The van der Waals surface area contributed by atoms with E-state index in [1.54, 1.807) is 4.68 Å². The quantitative estimate of drug-likeness (QED) is 0.864. The molecule has 0 saturated heterocycles. The van der Waals surface area contributed by atoms with Gasteiger partial charge in [0.15, 0.2) is 0 Å². The van der Waals surface area contributed by atoms with Crippen molar-refractivity contribution < 1.29 is 0 Å². The Morgan fingerprint density at radius 3 is 2.56 bits per heavy atom. The summed E-state index contributed by atoms with van der Waals surface area (Å²) < 4.78 is 1.71. The van der Waals surface area contributed by atoms with Crippen molar-refractivity contribution in [2.45, 2.75) is 46.1 Å². The predicted molar refractivity (Wildman–Crippen MR) is 68.7 cm³/mol. The maximum absolute atomic E-state index is 6.17. The van der Waals surface area contributed by atoms with Gasteiger partial charge in [-0.3, -0.25) is 4.68 Å². The summed E-state index contributed by atoms with van der Waals surface area (Å²) >= 11 is 6.17. The molecule has 92 valence electrons. The first-order chi connectivity index (χ1) is 7.45. The Kier molecular flexibility index (Phi) is 4.81. The minimum atomic E-state index is 0.176. The van der Waals surface area contributed by atoms with Crippen LogP contribution in [0.4, 0.5) is 0 Å². The Hall–Kier alpha value is -0.540. The lowest BCUT2D eigenvalue weighted by Crippen LogP contribution is -2.25. The molecule has 0 aliphatic rings. The van der Waals surface area contributed by atoms with Gasteiger partial charge in [-0.2, -0.15) is 5.10 Å². The smallest absolute Gasteiger partial charge is 0.130 e. The van der Waals surface area contributed by atoms with E-state index in [2.05, 4.69) is 18.9 Å². The van der Waals surface area contributed by atoms with Gasteiger partial charge >= 0.3 is 0 Å². The molecule has 3 nitrogen and oxygen atoms in total. The third kappa shape index (κ3) is 3.22. The third-order valence-corrected chi connectivity index (χ3v) is 3.61. The summed E-state index contributed by atoms with van der Waals surface area (Å²) in [7, 11) is 1.86. The van der Waals surface area contributed by atoms with Crippen molar-refractivity contribution in [3.8, 4) is 0 Å². The van der Waals surface area contributed by atoms with E-state index in [4.69, 9.17) is 17.3 Å². The summed E-state index contributed by atoms with van der Waals surface area (Å²) in [5, 5.41) is 5.01. The zero-order valence-electron chi connectivity index (χ0n) is 10.6. The molecule has 4 heteroatoms. The number of hydrogen-bond donors (Lipinski definition) is 1. The van der Waals surface area contributed by atoms with Crippen LogP contribution < -0.4 is 5.73 Å². The Bertz CT molecular complexity index is 346. The third-order valence-electron chi connectivity index (χ3n) is 3.14. The van der Waals surface area contributed by atoms with E-state index >= 15 is 0 Å². The van der Waals surface area contributed by atoms with Gasteiger partial charge in [-0.15, -0.1) is 0 Å². The van der Waals surface area contributed by atoms with Crippen LogP contribution in [0, 0.1) is 12.8 Å². The van der Waals surface area contributed by atoms with Crippen molar-refractivity contribution in [1.82, 2.24) is 9.78 Å². The first-order valence-electron chi connectivity index (χ1n) is 5.89. The molecular weight excluding hydrogens is 222 g/mol. The van der Waals surface area contributed by atoms with E-state index in [1.807, 2.05) is 14.0 Å². The lowest BCUT2D eigenvalue weighted by Gasteiger charge is -2.15. The summed E-state index contributed by atoms with van der Waals surface area (Å²) in [5.41, 5.74) is 8.22. The molecule has 1 aromatic rings. The molecule has 0 fully saturated rings. The van der Waals surface area contributed by atoms with Gasteiger partial charge in [0.05, 0.1) is 5.69 Å². The lowest BCUT2D eigenvalue weighted by molar-refractivity contribution is 0.450. The molecular formula is C12H22ClN3. The predicted octanol–water partition coefficient (Wildman–Crippen LogP) is 2.69. The molecule has 0 amide bonds. The summed E-state index contributed by atoms with van der Waals surface area (Å²) in [6.45, 7) is 6.41. The molecule has 1 rings (SSSR count). The van der Waals surface area contributed by atoms with E-state index in [1.165, 1.54) is 6.42 Å². The molecule has 0 spiro atoms. The van der Waals surface area contributed by atoms with Crippen LogP contribution in [-0.2, 0) is 13.5 Å². The number of hydrogen-bond acceptors (Lipinski definition) is 2. The number of aryl methyl sites for hydroxylation is 2. The highest BCUT2D eigenvalue weighted by Gasteiger charge is 2.15. The average Bonchev–Trinajstić information content (AvgIpc) is 2.45. The van der Waals surface area contributed by atoms with E-state index in [0.29, 0.717) is 5.92 Å². The maximum Gasteiger partial charge on any atom is 0.130 e. The Morgan fingerprint density at radius 2 is 2.12 bits per heavy atom. The molecule has 0 aliphatic heterocycles. The fraction of sp³-hybridized carbons (Fsp3) is 0.750. The minimum Gasteiger partial charge on any atom is -0.327 e. The number of rotatable bonds is 5. The van der Waals surface area contributed by atoms with Crippen molar-refractivity contribution in [3.63, 3.8) is 0 Å². The first-order valence-corrected chi connectivity index (χ1v) is 6.27. The van der Waals surface area contributed by atoms with E-state index < -0.39 is 0 Å². The average molecular weight is 244 g/mol. The molecule has 1 aromatic heterocycles. The molecule has 2 atom stereocenters. The van der Waals surface area contributed by atoms with Gasteiger partial charge in [0.2, 0.25) is 0 Å². The van der Waals surface area contributed by atoms with E-state index in [-0.39, 0.29) is 6.04 Å². The Labute approximate surface area is 103 Å². The second-order valence-electron chi connectivity index (χ2n) is 4.69. The Morgan fingerprint density at radius 1 is 1.50 bits per heavy atom. The normalized spacial score (nSPS) is 15.1. The molecule has 2 N–H and O–H groups in total. The standard InChI is InChI=1S/C12H22ClN3/c1-5-8(2)6-10(14)7-11-9(3)15-16(4)12(11)13/h8,10H,5-7,14H2,1-4H3. The van der Waals surface area contributed by atoms with Crippen LogP contribution in [0.2, 0.25) is 5.15 Å². The van der Waals surface area contributed by atoms with Gasteiger partial charge in [0.1, 0.15) is 5.15 Å². The molecule has 0 aliphatic carbocycles. The van der Waals surface area contributed by atoms with Gasteiger partial charge < -0.3 is 5.73 Å². The molecule has 0 radical (unpaired) electrons. The van der Waals surface area contributed by atoms with Gasteiger partial charge in [-0.05, 0) is 25.7 Å². The van der Waals surface area contributed by atoms with Crippen LogP contribution in [0.15, 0.2) is 0 Å². The van der Waals surface area contributed by atoms with Crippen LogP contribution in [0.3, 0.4) is 0 Å². The van der Waals surface area contributed by atoms with Crippen molar-refractivity contribution in [2.24, 2.45) is 18.7 Å². The van der Waals surface area contributed by atoms with E-state index in [0.717, 1.165) is 29.3 Å². The van der Waals surface area contributed by atoms with Crippen molar-refractivity contribution in [3.05, 3.63) is 16.4 Å². The second-order valence-corrected chi connectivity index (χ2v) is 5.05. The minimum absolute atomic E-state index is 0.176. The summed E-state index contributed by atoms with van der Waals surface area (Å²) in [6.07, 6.45) is 3.04. The topological polar surface area (TPSA) is 43.8 Å². The highest BCUT2D eigenvalue weighted by atomic mass is 35.5. The van der Waals surface area contributed by atoms with Crippen LogP contribution in [0.1, 0.15) is 37.9 Å². The van der Waals surface area contributed by atoms with Crippen LogP contribution >= 0.6 is 11.6 Å². The van der Waals surface area contributed by atoms with Crippen LogP contribution in [-0.4, -0.2) is 15.8 Å². The fourth-order valence-corrected chi connectivity index (χ4v) is 2.19. The monoisotopic (exact) mass is 243 g/mol. The van der Waals surface area contributed by atoms with Gasteiger partial charge in [-0.1, -0.05) is 31.9 Å². The molecule has 2 unspecified atom stereocenters. The lowest BCUT2D eigenvalue weighted by atomic mass is 9.95. The summed E-state index contributed by atoms with van der Waals surface area (Å²) in [4.78, 5) is 0. The largest absolute Gasteiger partial charge is 0.327 e. The fourth-order valence-electron chi connectivity index (χ4n) is 1.93. The molecule has 16 heavy (non-hydrogen) atoms. The maximum atomic E-state index is 6.17. The van der Waals surface area contributed by atoms with Crippen molar-refractivity contribution in [2.75, 3.05) is 0 Å². The number of aromatic nitrogens is 2. The summed E-state index contributed by atoms with van der Waals surface area (Å²) in [5.74, 6) is 0.672. The van der Waals surface area contributed by atoms with Gasteiger partial charge in [0, 0.05) is 18.7 Å². The second kappa shape index (κ2) is 5.69. The zero-order valence-corrected chi connectivity index (χ0v) is 11.4. The molecule has 0 saturated carbocycles. The highest BCUT2D eigenvalue weighted by molar-refractivity contribution is 6.30. The first kappa shape index (κ1) is 13.5. The van der Waals surface area contributed by atoms with Crippen LogP contribution in [0.5, 0.6) is 0 Å². The molecule has 0 bridgehead atoms. The Balaban J connectivity index is 2.65. The number of nitrogens with two attached hydrogens (primary N) is 1. The van der Waals surface area contributed by atoms with Gasteiger partial charge in [-0.25, -0.2) is 0 Å². The van der Waals surface area contributed by atoms with Crippen molar-refractivity contribution >= 4 is 11.6 Å². The van der Waals surface area contributed by atoms with E-state index in [9.17, 15) is 0 Å². The van der Waals surface area contributed by atoms with Crippen molar-refractivity contribution in [1.29, 1.82) is 0 Å². The number of halogens is 1. The SMILES string of the molecule is CCC(C)CC(N)Cc1c(C)nn(C)c1Cl. The van der Waals surface area contributed by atoms with Crippen LogP contribution in [0.25, 0.3) is 0 Å². The summed E-state index contributed by atoms with van der Waals surface area (Å²) in [6, 6.07) is 0.176. The highest BCUT2D eigenvalue weighted by Crippen LogP contribution is 2.21. The number of nitrogens with zero attached hydrogens (tertiary/aromatic N) is 2. The van der Waals surface area contributed by atoms with Gasteiger partial charge in [0.25, 0.3) is 0 Å². The zero-order chi connectivity index (χ0) is 12.3. The molecule has 1 heterocycles. The molecule has 0 aromatic carbocycles.